The number of halogens is 2. The molecular weight excluding hydrogens is 288 g/mol. The Kier molecular flexibility index (Phi) is 4.38. The van der Waals surface area contributed by atoms with E-state index in [0.717, 1.165) is 16.1 Å². The molecule has 108 valence electrons. The van der Waals surface area contributed by atoms with Crippen molar-refractivity contribution in [3.8, 4) is 0 Å². The molecule has 20 heavy (non-hydrogen) atoms. The van der Waals surface area contributed by atoms with Gasteiger partial charge in [-0.3, -0.25) is 9.36 Å². The number of hydrogen-bond acceptors (Lipinski definition) is 5. The summed E-state index contributed by atoms with van der Waals surface area (Å²) in [6.45, 7) is -0.805. The number of imidazole rings is 1. The van der Waals surface area contributed by atoms with E-state index in [9.17, 15) is 13.6 Å². The minimum atomic E-state index is -2.67. The molecule has 2 rings (SSSR count). The second-order valence-electron chi connectivity index (χ2n) is 4.09. The van der Waals surface area contributed by atoms with Crippen LogP contribution < -0.4 is 0 Å². The van der Waals surface area contributed by atoms with Crippen LogP contribution in [0.5, 0.6) is 0 Å². The number of aryl methyl sites for hydroxylation is 1. The zero-order chi connectivity index (χ0) is 14.7. The van der Waals surface area contributed by atoms with Crippen molar-refractivity contribution in [1.82, 2.24) is 24.0 Å². The highest BCUT2D eigenvalue weighted by Crippen LogP contribution is 2.17. The fraction of sp³-hybridized carbons (Fsp3) is 0.455. The number of carbonyl (C=O) groups excluding carboxylic acids is 1. The first-order valence-corrected chi connectivity index (χ1v) is 6.68. The van der Waals surface area contributed by atoms with Gasteiger partial charge in [-0.05, 0) is 18.0 Å². The van der Waals surface area contributed by atoms with Crippen LogP contribution in [-0.2, 0) is 13.0 Å². The summed E-state index contributed by atoms with van der Waals surface area (Å²) in [6.07, 6.45) is 3.06. The van der Waals surface area contributed by atoms with Crippen molar-refractivity contribution >= 4 is 17.4 Å². The highest BCUT2D eigenvalue weighted by atomic mass is 32.1. The Bertz CT molecular complexity index is 597. The molecule has 2 aromatic rings. The lowest BCUT2D eigenvalue weighted by molar-refractivity contribution is 0.0613. The number of nitrogens with zero attached hydrogens (tertiary/aromatic N) is 5. The normalized spacial score (nSPS) is 11.1. The highest BCUT2D eigenvalue weighted by molar-refractivity contribution is 7.07. The third-order valence-corrected chi connectivity index (χ3v) is 3.53. The van der Waals surface area contributed by atoms with Crippen molar-refractivity contribution in [2.45, 2.75) is 26.4 Å². The SMILES string of the molecule is CCc1nnsc1C(=O)N(C)Cc1nccn1C(F)F. The molecule has 0 aromatic carbocycles. The van der Waals surface area contributed by atoms with E-state index in [1.165, 1.54) is 24.3 Å². The fourth-order valence-electron chi connectivity index (χ4n) is 1.70. The van der Waals surface area contributed by atoms with Gasteiger partial charge in [-0.2, -0.15) is 8.78 Å². The van der Waals surface area contributed by atoms with Gasteiger partial charge in [0.25, 0.3) is 5.91 Å². The van der Waals surface area contributed by atoms with Gasteiger partial charge in [-0.25, -0.2) is 4.98 Å². The predicted molar refractivity (Wildman–Crippen MR) is 68.6 cm³/mol. The van der Waals surface area contributed by atoms with E-state index in [4.69, 9.17) is 0 Å². The molecule has 0 saturated heterocycles. The Morgan fingerprint density at radius 3 is 2.95 bits per heavy atom. The smallest absolute Gasteiger partial charge is 0.319 e. The molecule has 0 bridgehead atoms. The lowest BCUT2D eigenvalue weighted by atomic mass is 10.3. The number of rotatable bonds is 5. The Morgan fingerprint density at radius 2 is 2.30 bits per heavy atom. The molecule has 0 aliphatic carbocycles. The largest absolute Gasteiger partial charge is 0.333 e. The molecule has 2 aromatic heterocycles. The second-order valence-corrected chi connectivity index (χ2v) is 4.85. The number of aromatic nitrogens is 4. The third-order valence-electron chi connectivity index (χ3n) is 2.77. The van der Waals surface area contributed by atoms with E-state index in [1.807, 2.05) is 6.92 Å². The van der Waals surface area contributed by atoms with Gasteiger partial charge in [0.15, 0.2) is 0 Å². The van der Waals surface area contributed by atoms with Crippen LogP contribution in [0.25, 0.3) is 0 Å². The minimum Gasteiger partial charge on any atom is -0.333 e. The van der Waals surface area contributed by atoms with Crippen molar-refractivity contribution in [1.29, 1.82) is 0 Å². The van der Waals surface area contributed by atoms with Gasteiger partial charge in [0.2, 0.25) is 0 Å². The van der Waals surface area contributed by atoms with Gasteiger partial charge < -0.3 is 4.90 Å². The first kappa shape index (κ1) is 14.5. The van der Waals surface area contributed by atoms with Gasteiger partial charge in [0.1, 0.15) is 10.7 Å². The van der Waals surface area contributed by atoms with Crippen LogP contribution in [-0.4, -0.2) is 37.0 Å². The highest BCUT2D eigenvalue weighted by Gasteiger charge is 2.21. The van der Waals surface area contributed by atoms with Crippen LogP contribution in [0.3, 0.4) is 0 Å². The molecule has 0 aliphatic heterocycles. The standard InChI is InChI=1S/C11H13F2N5OS/c1-3-7-9(20-16-15-7)10(19)17(2)6-8-14-4-5-18(8)11(12)13/h4-5,11H,3,6H2,1-2H3. The first-order valence-electron chi connectivity index (χ1n) is 5.91. The summed E-state index contributed by atoms with van der Waals surface area (Å²) in [5, 5.41) is 3.86. The van der Waals surface area contributed by atoms with Gasteiger partial charge >= 0.3 is 6.55 Å². The molecule has 2 heterocycles. The summed E-state index contributed by atoms with van der Waals surface area (Å²) < 4.78 is 29.9. The molecule has 0 atom stereocenters. The van der Waals surface area contributed by atoms with E-state index in [-0.39, 0.29) is 18.3 Å². The van der Waals surface area contributed by atoms with E-state index in [1.54, 1.807) is 0 Å². The van der Waals surface area contributed by atoms with Gasteiger partial charge in [-0.1, -0.05) is 11.4 Å². The summed E-state index contributed by atoms with van der Waals surface area (Å²) >= 11 is 1.01. The predicted octanol–water partition coefficient (Wildman–Crippen LogP) is 1.96. The van der Waals surface area contributed by atoms with Crippen LogP contribution >= 0.6 is 11.5 Å². The Balaban J connectivity index is 2.14. The van der Waals surface area contributed by atoms with E-state index in [2.05, 4.69) is 14.6 Å². The first-order chi connectivity index (χ1) is 9.54. The average Bonchev–Trinajstić information content (AvgIpc) is 3.05. The monoisotopic (exact) mass is 301 g/mol. The molecule has 6 nitrogen and oxygen atoms in total. The number of hydrogen-bond donors (Lipinski definition) is 0. The van der Waals surface area contributed by atoms with E-state index in [0.29, 0.717) is 17.0 Å². The molecule has 0 aliphatic rings. The molecule has 0 saturated carbocycles. The zero-order valence-electron chi connectivity index (χ0n) is 11.0. The summed E-state index contributed by atoms with van der Waals surface area (Å²) in [7, 11) is 1.53. The summed E-state index contributed by atoms with van der Waals surface area (Å²) in [5.41, 5.74) is 0.615. The lowest BCUT2D eigenvalue weighted by Crippen LogP contribution is -2.28. The van der Waals surface area contributed by atoms with Crippen LogP contribution in [0, 0.1) is 0 Å². The van der Waals surface area contributed by atoms with Crippen LogP contribution in [0.1, 0.15) is 34.7 Å². The number of alkyl halides is 2. The van der Waals surface area contributed by atoms with Crippen molar-refractivity contribution in [3.63, 3.8) is 0 Å². The lowest BCUT2D eigenvalue weighted by Gasteiger charge is -2.16. The average molecular weight is 301 g/mol. The molecule has 0 N–H and O–H groups in total. The van der Waals surface area contributed by atoms with Gasteiger partial charge in [-0.15, -0.1) is 5.10 Å². The van der Waals surface area contributed by atoms with Crippen molar-refractivity contribution < 1.29 is 13.6 Å². The maximum absolute atomic E-state index is 12.7. The summed E-state index contributed by atoms with van der Waals surface area (Å²) in [5.74, 6) is -0.160. The molecule has 0 spiro atoms. The molecule has 0 radical (unpaired) electrons. The van der Waals surface area contributed by atoms with E-state index < -0.39 is 6.55 Å². The number of carbonyl (C=O) groups is 1. The van der Waals surface area contributed by atoms with Gasteiger partial charge in [0.05, 0.1) is 12.2 Å². The summed E-state index contributed by atoms with van der Waals surface area (Å²) in [6, 6.07) is 0. The van der Waals surface area contributed by atoms with Crippen molar-refractivity contribution in [2.24, 2.45) is 0 Å². The quantitative estimate of drug-likeness (QED) is 0.847. The molecule has 1 amide bonds. The third kappa shape index (κ3) is 2.82. The minimum absolute atomic E-state index is 0.00275. The maximum Gasteiger partial charge on any atom is 0.319 e. The Hall–Kier alpha value is -1.90. The zero-order valence-corrected chi connectivity index (χ0v) is 11.8. The fourth-order valence-corrected chi connectivity index (χ4v) is 2.45. The summed E-state index contributed by atoms with van der Waals surface area (Å²) in [4.78, 5) is 17.8. The second kappa shape index (κ2) is 6.04. The van der Waals surface area contributed by atoms with Crippen LogP contribution in [0.4, 0.5) is 8.78 Å². The Labute approximate surface area is 118 Å². The van der Waals surface area contributed by atoms with E-state index >= 15 is 0 Å². The van der Waals surface area contributed by atoms with Crippen LogP contribution in [0.15, 0.2) is 12.4 Å². The molecule has 0 fully saturated rings. The molecular formula is C11H13F2N5OS. The van der Waals surface area contributed by atoms with Crippen molar-refractivity contribution in [2.75, 3.05) is 7.05 Å². The molecule has 0 unspecified atom stereocenters. The topological polar surface area (TPSA) is 63.9 Å². The number of amides is 1. The maximum atomic E-state index is 12.7. The van der Waals surface area contributed by atoms with Crippen molar-refractivity contribution in [3.05, 3.63) is 28.8 Å². The van der Waals surface area contributed by atoms with Crippen LogP contribution in [0.2, 0.25) is 0 Å². The van der Waals surface area contributed by atoms with Gasteiger partial charge in [0, 0.05) is 19.4 Å². The Morgan fingerprint density at radius 1 is 1.55 bits per heavy atom. The molecule has 9 heteroatoms.